The summed E-state index contributed by atoms with van der Waals surface area (Å²) in [6.45, 7) is 5.43. The number of imide groups is 1. The van der Waals surface area contributed by atoms with Gasteiger partial charge < -0.3 is 45.8 Å². The number of nitrogens with one attached hydrogen (secondary N) is 2. The number of benzene rings is 3. The molecule has 1 aromatic heterocycles. The number of anilines is 5. The Kier molecular flexibility index (Phi) is 17.1. The summed E-state index contributed by atoms with van der Waals surface area (Å²) in [6, 6.07) is 19.3. The lowest BCUT2D eigenvalue weighted by atomic mass is 9.87. The first kappa shape index (κ1) is 52.3. The van der Waals surface area contributed by atoms with E-state index in [0.717, 1.165) is 48.4 Å². The van der Waals surface area contributed by atoms with Crippen LogP contribution in [0, 0.1) is 0 Å². The topological polar surface area (TPSA) is 252 Å². The number of aliphatic hydroxyl groups is 1. The lowest BCUT2D eigenvalue weighted by Crippen LogP contribution is -2.51. The second kappa shape index (κ2) is 22.6. The first-order valence-electron chi connectivity index (χ1n) is 22.4. The van der Waals surface area contributed by atoms with Gasteiger partial charge in [-0.3, -0.25) is 24.5 Å². The Balaban J connectivity index is 0.000000310. The van der Waals surface area contributed by atoms with E-state index < -0.39 is 41.2 Å². The number of amides is 4. The number of hydrogen-bond donors (Lipinski definition) is 6. The van der Waals surface area contributed by atoms with Crippen molar-refractivity contribution < 1.29 is 53.0 Å². The maximum Gasteiger partial charge on any atom is 0.349 e. The lowest BCUT2D eigenvalue weighted by molar-refractivity contribution is -0.139. The number of nitrogens with two attached hydrogens (primary N) is 1. The van der Waals surface area contributed by atoms with E-state index in [9.17, 15) is 38.1 Å². The summed E-state index contributed by atoms with van der Waals surface area (Å²) < 4.78 is 20.3. The van der Waals surface area contributed by atoms with E-state index >= 15 is 0 Å². The summed E-state index contributed by atoms with van der Waals surface area (Å²) in [6.07, 6.45) is 5.25. The molecule has 7 N–H and O–H groups in total. The van der Waals surface area contributed by atoms with Crippen LogP contribution in [-0.4, -0.2) is 117 Å². The first-order valence-corrected chi connectivity index (χ1v) is 24.8. The molecule has 3 fully saturated rings. The van der Waals surface area contributed by atoms with E-state index in [1.54, 1.807) is 49.3 Å². The molecule has 4 aromatic rings. The van der Waals surface area contributed by atoms with E-state index in [0.29, 0.717) is 77.7 Å². The van der Waals surface area contributed by atoms with Crippen LogP contribution in [0.3, 0.4) is 0 Å². The summed E-state index contributed by atoms with van der Waals surface area (Å²) in [5.41, 5.74) is 9.19. The standard InChI is InChI=1S/C35H48N6O6S.C13H10ClNO5S/c1-34(2)14-5-6-17-41(34)48(47)23-25-8-7-9-26(20-25)36-32(44)22-35(46)15-18-40(19-16-35)27-10-11-28(30(21-27)38(3)24-42)39(4)29-12-13-31(43)37-33(29)45;14-9-10(20-5-8(16)17)12(13(18)19)21-11(9)6-2-1-3-7(15)4-6/h7-11,20-21,24,29,46H,5-6,12-19,22-23H2,1-4H3,(H,36,44)(H,37,43,45);1-4H,5,15H2,(H,16,17)(H,18,19). The van der Waals surface area contributed by atoms with Gasteiger partial charge in [-0.1, -0.05) is 42.3 Å². The van der Waals surface area contributed by atoms with Crippen LogP contribution in [0.2, 0.25) is 5.02 Å². The Labute approximate surface area is 411 Å². The molecule has 4 heterocycles. The number of likely N-dealkylation sites (N-methyl/N-ethyl adjacent to an activating group) is 1. The zero-order chi connectivity index (χ0) is 50.2. The number of carboxylic acids is 2. The van der Waals surface area contributed by atoms with Gasteiger partial charge in [-0.05, 0) is 99.5 Å². The molecule has 3 aromatic carbocycles. The molecular formula is C48H58ClN7O11S2. The number of piperidine rings is 3. The summed E-state index contributed by atoms with van der Waals surface area (Å²) >= 11 is 7.03. The average Bonchev–Trinajstić information content (AvgIpc) is 3.63. The number of halogens is 1. The maximum atomic E-state index is 13.2. The quantitative estimate of drug-likeness (QED) is 0.0420. The largest absolute Gasteiger partial charge is 0.479 e. The van der Waals surface area contributed by atoms with Gasteiger partial charge >= 0.3 is 11.9 Å². The highest BCUT2D eigenvalue weighted by molar-refractivity contribution is 7.81. The Morgan fingerprint density at radius 2 is 1.72 bits per heavy atom. The van der Waals surface area contributed by atoms with Crippen LogP contribution >= 0.6 is 22.9 Å². The molecule has 3 aliphatic heterocycles. The molecule has 4 amide bonds. The fourth-order valence-electron chi connectivity index (χ4n) is 8.67. The number of hydrogen-bond acceptors (Lipinski definition) is 13. The monoisotopic (exact) mass is 1010 g/mol. The molecular weight excluding hydrogens is 950 g/mol. The Hall–Kier alpha value is -6.06. The Morgan fingerprint density at radius 1 is 1.00 bits per heavy atom. The van der Waals surface area contributed by atoms with Crippen molar-refractivity contribution in [2.45, 2.75) is 88.1 Å². The second-order valence-corrected chi connectivity index (χ2v) is 20.7. The van der Waals surface area contributed by atoms with Crippen molar-refractivity contribution in [1.29, 1.82) is 0 Å². The van der Waals surface area contributed by atoms with Crippen LogP contribution in [0.25, 0.3) is 10.4 Å². The number of nitrogens with zero attached hydrogens (tertiary/aromatic N) is 4. The van der Waals surface area contributed by atoms with Crippen molar-refractivity contribution in [1.82, 2.24) is 9.62 Å². The smallest absolute Gasteiger partial charge is 0.349 e. The van der Waals surface area contributed by atoms with Gasteiger partial charge in [0.1, 0.15) is 11.1 Å². The summed E-state index contributed by atoms with van der Waals surface area (Å²) in [7, 11) is 2.25. The predicted octanol–water partition coefficient (Wildman–Crippen LogP) is 6.12. The molecule has 0 saturated carbocycles. The fourth-order valence-corrected chi connectivity index (χ4v) is 11.7. The minimum absolute atomic E-state index is 0.0478. The van der Waals surface area contributed by atoms with Gasteiger partial charge in [0.25, 0.3) is 0 Å². The third kappa shape index (κ3) is 13.2. The molecule has 7 rings (SSSR count). The van der Waals surface area contributed by atoms with Crippen molar-refractivity contribution in [3.63, 3.8) is 0 Å². The number of thiophene rings is 1. The first-order chi connectivity index (χ1) is 32.7. The fraction of sp³-hybridized carbons (Fsp3) is 0.417. The number of aromatic carboxylic acids is 1. The normalized spacial score (nSPS) is 18.2. The van der Waals surface area contributed by atoms with E-state index in [1.807, 2.05) is 36.4 Å². The average molecular weight is 1010 g/mol. The summed E-state index contributed by atoms with van der Waals surface area (Å²) in [5.74, 6) is -3.16. The van der Waals surface area contributed by atoms with Gasteiger partial charge in [-0.2, -0.15) is 0 Å². The van der Waals surface area contributed by atoms with Gasteiger partial charge in [0.05, 0.1) is 45.0 Å². The van der Waals surface area contributed by atoms with E-state index in [4.69, 9.17) is 32.3 Å². The number of carbonyl (C=O) groups is 6. The SMILES string of the molecule is CN(C=O)c1cc(N2CCC(O)(CC(=O)Nc3cccc(CS(=O)N4CCCCC4(C)C)c3)CC2)ccc1N(C)C1CCC(=O)NC1=O.Nc1cccc(-c2sc(C(=O)O)c(OCC(=O)O)c2Cl)c1. The molecule has 2 atom stereocenters. The highest BCUT2D eigenvalue weighted by atomic mass is 35.5. The van der Waals surface area contributed by atoms with E-state index in [1.165, 1.54) is 4.90 Å². The van der Waals surface area contributed by atoms with Crippen molar-refractivity contribution in [2.24, 2.45) is 0 Å². The third-order valence-corrected chi connectivity index (χ3v) is 15.8. The second-order valence-electron chi connectivity index (χ2n) is 18.0. The molecule has 69 heavy (non-hydrogen) atoms. The predicted molar refractivity (Wildman–Crippen MR) is 267 cm³/mol. The van der Waals surface area contributed by atoms with Crippen molar-refractivity contribution in [3.8, 4) is 16.2 Å². The molecule has 18 nitrogen and oxygen atoms in total. The number of aliphatic carboxylic acids is 1. The lowest BCUT2D eigenvalue weighted by Gasteiger charge is -2.41. The molecule has 2 unspecified atom stereocenters. The van der Waals surface area contributed by atoms with Gasteiger partial charge in [0.2, 0.25) is 24.1 Å². The Morgan fingerprint density at radius 3 is 2.38 bits per heavy atom. The number of carbonyl (C=O) groups excluding carboxylic acids is 4. The zero-order valence-electron chi connectivity index (χ0n) is 38.9. The van der Waals surface area contributed by atoms with Gasteiger partial charge in [0.15, 0.2) is 17.2 Å². The zero-order valence-corrected chi connectivity index (χ0v) is 41.3. The van der Waals surface area contributed by atoms with E-state index in [-0.39, 0.29) is 51.8 Å². The molecule has 0 spiro atoms. The number of nitrogen functional groups attached to an aromatic ring is 1. The summed E-state index contributed by atoms with van der Waals surface area (Å²) in [5, 5.41) is 34.6. The van der Waals surface area contributed by atoms with E-state index in [2.05, 4.69) is 33.7 Å². The molecule has 0 aliphatic carbocycles. The van der Waals surface area contributed by atoms with Crippen LogP contribution in [0.1, 0.15) is 80.4 Å². The molecule has 3 saturated heterocycles. The van der Waals surface area contributed by atoms with Crippen LogP contribution in [0.15, 0.2) is 66.7 Å². The molecule has 3 aliphatic rings. The van der Waals surface area contributed by atoms with Gasteiger partial charge in [-0.15, -0.1) is 11.3 Å². The van der Waals surface area contributed by atoms with Crippen LogP contribution in [0.4, 0.5) is 28.4 Å². The highest BCUT2D eigenvalue weighted by Gasteiger charge is 2.37. The van der Waals surface area contributed by atoms with Crippen LogP contribution < -0.4 is 35.8 Å². The van der Waals surface area contributed by atoms with Crippen LogP contribution in [0.5, 0.6) is 5.75 Å². The minimum atomic E-state index is -1.24. The van der Waals surface area contributed by atoms with Crippen molar-refractivity contribution >= 4 is 98.4 Å². The minimum Gasteiger partial charge on any atom is -0.479 e. The van der Waals surface area contributed by atoms with Gasteiger partial charge in [-0.25, -0.2) is 18.1 Å². The van der Waals surface area contributed by atoms with Crippen LogP contribution in [-0.2, 0) is 40.7 Å². The molecule has 0 radical (unpaired) electrons. The molecule has 370 valence electrons. The Bertz CT molecular complexity index is 2600. The molecule has 21 heteroatoms. The van der Waals surface area contributed by atoms with Crippen molar-refractivity contribution in [2.75, 3.05) is 66.1 Å². The maximum absolute atomic E-state index is 13.2. The summed E-state index contributed by atoms with van der Waals surface area (Å²) in [4.78, 5) is 76.5. The van der Waals surface area contributed by atoms with Crippen molar-refractivity contribution in [3.05, 3.63) is 82.2 Å². The van der Waals surface area contributed by atoms with Gasteiger partial charge in [0, 0.05) is 62.8 Å². The number of rotatable bonds is 16. The highest BCUT2D eigenvalue weighted by Crippen LogP contribution is 2.46. The third-order valence-electron chi connectivity index (χ3n) is 12.4. The molecule has 0 bridgehead atoms. The number of ether oxygens (including phenoxy) is 1. The number of carboxylic acid groups (broad SMARTS) is 2.